The molecule has 7 heteroatoms. The molecule has 1 saturated heterocycles. The van der Waals surface area contributed by atoms with Gasteiger partial charge in [0.1, 0.15) is 0 Å². The van der Waals surface area contributed by atoms with Crippen LogP contribution in [0, 0.1) is 5.92 Å². The molecule has 0 radical (unpaired) electrons. The molecule has 7 nitrogen and oxygen atoms in total. The molecule has 134 valence electrons. The van der Waals surface area contributed by atoms with Crippen molar-refractivity contribution in [3.63, 3.8) is 0 Å². The molecule has 1 N–H and O–H groups in total. The van der Waals surface area contributed by atoms with Gasteiger partial charge in [-0.3, -0.25) is 14.7 Å². The van der Waals surface area contributed by atoms with Gasteiger partial charge in [-0.1, -0.05) is 20.8 Å². The molecule has 0 aliphatic carbocycles. The molecular weight excluding hydrogens is 318 g/mol. The highest BCUT2D eigenvalue weighted by Crippen LogP contribution is 2.21. The molecule has 3 rings (SSSR count). The second-order valence-electron chi connectivity index (χ2n) is 7.71. The maximum Gasteiger partial charge on any atom is 0.266 e. The van der Waals surface area contributed by atoms with Gasteiger partial charge in [0, 0.05) is 37.3 Å². The molecule has 0 unspecified atom stereocenters. The smallest absolute Gasteiger partial charge is 0.266 e. The van der Waals surface area contributed by atoms with Crippen molar-refractivity contribution in [1.82, 2.24) is 24.9 Å². The molecule has 0 saturated carbocycles. The Morgan fingerprint density at radius 3 is 2.60 bits per heavy atom. The lowest BCUT2D eigenvalue weighted by molar-refractivity contribution is 0.0680. The second kappa shape index (κ2) is 6.82. The number of hydrogen-bond acceptors (Lipinski definition) is 4. The number of carbonyl (C=O) groups is 1. The summed E-state index contributed by atoms with van der Waals surface area (Å²) in [5, 5.41) is 11.0. The van der Waals surface area contributed by atoms with Gasteiger partial charge in [0.15, 0.2) is 0 Å². The topological polar surface area (TPSA) is 83.9 Å². The number of hydrogen-bond donors (Lipinski definition) is 1. The lowest BCUT2D eigenvalue weighted by Gasteiger charge is -2.32. The van der Waals surface area contributed by atoms with Gasteiger partial charge in [-0.15, -0.1) is 0 Å². The maximum absolute atomic E-state index is 12.3. The summed E-state index contributed by atoms with van der Waals surface area (Å²) in [6, 6.07) is 3.41. The molecule has 1 amide bonds. The van der Waals surface area contributed by atoms with Gasteiger partial charge in [0.2, 0.25) is 0 Å². The van der Waals surface area contributed by atoms with E-state index >= 15 is 0 Å². The van der Waals surface area contributed by atoms with Crippen molar-refractivity contribution in [3.05, 3.63) is 46.1 Å². The average Bonchev–Trinajstić information content (AvgIpc) is 3.10. The van der Waals surface area contributed by atoms with Crippen LogP contribution in [0.5, 0.6) is 0 Å². The monoisotopic (exact) mass is 343 g/mol. The fourth-order valence-electron chi connectivity index (χ4n) is 3.09. The summed E-state index contributed by atoms with van der Waals surface area (Å²) in [4.78, 5) is 26.3. The number of amides is 1. The van der Waals surface area contributed by atoms with Gasteiger partial charge in [-0.25, -0.2) is 4.68 Å². The third-order valence-electron chi connectivity index (χ3n) is 4.71. The van der Waals surface area contributed by atoms with E-state index in [0.29, 0.717) is 31.1 Å². The van der Waals surface area contributed by atoms with Crippen LogP contribution in [0.2, 0.25) is 0 Å². The van der Waals surface area contributed by atoms with Gasteiger partial charge in [-0.2, -0.15) is 10.2 Å². The predicted molar refractivity (Wildman–Crippen MR) is 94.4 cm³/mol. The Kier molecular flexibility index (Phi) is 4.74. The largest absolute Gasteiger partial charge is 0.339 e. The molecular formula is C18H25N5O2. The zero-order chi connectivity index (χ0) is 18.0. The van der Waals surface area contributed by atoms with E-state index in [0.717, 1.165) is 18.5 Å². The second-order valence-corrected chi connectivity index (χ2v) is 7.71. The lowest BCUT2D eigenvalue weighted by atomic mass is 9.92. The molecule has 1 aliphatic rings. The Morgan fingerprint density at radius 1 is 1.28 bits per heavy atom. The molecule has 25 heavy (non-hydrogen) atoms. The van der Waals surface area contributed by atoms with Crippen molar-refractivity contribution >= 4 is 5.91 Å². The zero-order valence-electron chi connectivity index (χ0n) is 15.0. The summed E-state index contributed by atoms with van der Waals surface area (Å²) in [7, 11) is 0. The van der Waals surface area contributed by atoms with E-state index in [-0.39, 0.29) is 16.9 Å². The molecule has 1 aliphatic heterocycles. The number of likely N-dealkylation sites (tertiary alicyclic amines) is 1. The minimum atomic E-state index is -0.0875. The fourth-order valence-corrected chi connectivity index (χ4v) is 3.09. The summed E-state index contributed by atoms with van der Waals surface area (Å²) in [5.41, 5.74) is 1.36. The Bertz CT molecular complexity index is 781. The number of nitrogens with one attached hydrogen (secondary N) is 1. The van der Waals surface area contributed by atoms with Gasteiger partial charge < -0.3 is 4.90 Å². The molecule has 0 bridgehead atoms. The lowest BCUT2D eigenvalue weighted by Crippen LogP contribution is -2.40. The molecule has 2 aromatic heterocycles. The van der Waals surface area contributed by atoms with Crippen molar-refractivity contribution in [1.29, 1.82) is 0 Å². The first-order chi connectivity index (χ1) is 11.8. The SMILES string of the molecule is CC(C)(C)c1ccc(=O)n(CC2CCN(C(=O)c3cn[nH]c3)CC2)n1. The highest BCUT2D eigenvalue weighted by Gasteiger charge is 2.25. The minimum absolute atomic E-state index is 0.0113. The normalized spacial score (nSPS) is 16.2. The predicted octanol–water partition coefficient (Wildman–Crippen LogP) is 1.82. The first kappa shape index (κ1) is 17.4. The molecule has 3 heterocycles. The van der Waals surface area contributed by atoms with Crippen LogP contribution < -0.4 is 5.56 Å². The summed E-state index contributed by atoms with van der Waals surface area (Å²) < 4.78 is 1.58. The zero-order valence-corrected chi connectivity index (χ0v) is 15.0. The minimum Gasteiger partial charge on any atom is -0.339 e. The standard InChI is InChI=1S/C18H25N5O2/c1-18(2,3)15-4-5-16(24)23(21-15)12-13-6-8-22(9-7-13)17(25)14-10-19-20-11-14/h4-5,10-11,13H,6-9,12H2,1-3H3,(H,19,20). The maximum atomic E-state index is 12.3. The summed E-state index contributed by atoms with van der Waals surface area (Å²) >= 11 is 0. The Hall–Kier alpha value is -2.44. The van der Waals surface area contributed by atoms with E-state index < -0.39 is 0 Å². The van der Waals surface area contributed by atoms with Crippen LogP contribution in [0.25, 0.3) is 0 Å². The molecule has 1 fully saturated rings. The number of piperidine rings is 1. The Labute approximate surface area is 147 Å². The van der Waals surface area contributed by atoms with E-state index in [1.807, 2.05) is 11.0 Å². The highest BCUT2D eigenvalue weighted by atomic mass is 16.2. The molecule has 2 aromatic rings. The van der Waals surface area contributed by atoms with Crippen molar-refractivity contribution in [2.24, 2.45) is 5.92 Å². The number of aromatic nitrogens is 4. The van der Waals surface area contributed by atoms with E-state index in [2.05, 4.69) is 36.1 Å². The summed E-state index contributed by atoms with van der Waals surface area (Å²) in [5.74, 6) is 0.367. The average molecular weight is 343 g/mol. The van der Waals surface area contributed by atoms with Crippen molar-refractivity contribution in [3.8, 4) is 0 Å². The van der Waals surface area contributed by atoms with E-state index in [9.17, 15) is 9.59 Å². The van der Waals surface area contributed by atoms with Crippen LogP contribution in [-0.2, 0) is 12.0 Å². The number of carbonyl (C=O) groups excluding carboxylic acids is 1. The third-order valence-corrected chi connectivity index (χ3v) is 4.71. The van der Waals surface area contributed by atoms with Crippen molar-refractivity contribution in [2.75, 3.05) is 13.1 Å². The van der Waals surface area contributed by atoms with E-state index in [4.69, 9.17) is 0 Å². The quantitative estimate of drug-likeness (QED) is 0.921. The first-order valence-electron chi connectivity index (χ1n) is 8.71. The summed E-state index contributed by atoms with van der Waals surface area (Å²) in [6.45, 7) is 8.26. The molecule has 0 aromatic carbocycles. The third kappa shape index (κ3) is 3.97. The fraction of sp³-hybridized carbons (Fsp3) is 0.556. The Balaban J connectivity index is 1.63. The van der Waals surface area contributed by atoms with Crippen molar-refractivity contribution < 1.29 is 4.79 Å². The summed E-state index contributed by atoms with van der Waals surface area (Å²) in [6.07, 6.45) is 4.92. The number of H-pyrrole nitrogens is 1. The first-order valence-corrected chi connectivity index (χ1v) is 8.71. The van der Waals surface area contributed by atoms with E-state index in [1.54, 1.807) is 23.1 Å². The van der Waals surface area contributed by atoms with E-state index in [1.165, 1.54) is 0 Å². The van der Waals surface area contributed by atoms with Gasteiger partial charge >= 0.3 is 0 Å². The molecule has 0 spiro atoms. The van der Waals surface area contributed by atoms with Crippen LogP contribution >= 0.6 is 0 Å². The number of rotatable bonds is 3. The number of nitrogens with zero attached hydrogens (tertiary/aromatic N) is 4. The van der Waals surface area contributed by atoms with Crippen LogP contribution in [0.15, 0.2) is 29.3 Å². The number of aromatic amines is 1. The highest BCUT2D eigenvalue weighted by molar-refractivity contribution is 5.93. The van der Waals surface area contributed by atoms with Gasteiger partial charge in [0.05, 0.1) is 17.5 Å². The van der Waals surface area contributed by atoms with Gasteiger partial charge in [-0.05, 0) is 24.8 Å². The van der Waals surface area contributed by atoms with Crippen LogP contribution in [0.1, 0.15) is 49.7 Å². The van der Waals surface area contributed by atoms with Gasteiger partial charge in [0.25, 0.3) is 11.5 Å². The molecule has 0 atom stereocenters. The van der Waals surface area contributed by atoms with Crippen molar-refractivity contribution in [2.45, 2.75) is 45.6 Å². The van der Waals surface area contributed by atoms with Crippen LogP contribution in [0.3, 0.4) is 0 Å². The van der Waals surface area contributed by atoms with Crippen LogP contribution in [-0.4, -0.2) is 43.9 Å². The van der Waals surface area contributed by atoms with Crippen LogP contribution in [0.4, 0.5) is 0 Å². The Morgan fingerprint density at radius 2 is 2.00 bits per heavy atom.